The summed E-state index contributed by atoms with van der Waals surface area (Å²) < 4.78 is 5.57. The van der Waals surface area contributed by atoms with Gasteiger partial charge in [0.15, 0.2) is 0 Å². The van der Waals surface area contributed by atoms with Gasteiger partial charge in [0.25, 0.3) is 0 Å². The number of rotatable bonds is 4. The SMILES string of the molecule is Cc1cccc(N2CCN(c3cc(N4CCN(C)CC4)nc(N4CCOCC4)n3)CC2)c1C. The van der Waals surface area contributed by atoms with Crippen LogP contribution in [0.4, 0.5) is 23.3 Å². The predicted molar refractivity (Wildman–Crippen MR) is 135 cm³/mol. The van der Waals surface area contributed by atoms with Crippen molar-refractivity contribution in [3.05, 3.63) is 35.4 Å². The Labute approximate surface area is 197 Å². The Balaban J connectivity index is 1.36. The van der Waals surface area contributed by atoms with Gasteiger partial charge in [-0.1, -0.05) is 12.1 Å². The minimum absolute atomic E-state index is 0.742. The highest BCUT2D eigenvalue weighted by molar-refractivity contribution is 5.59. The fourth-order valence-electron chi connectivity index (χ4n) is 4.93. The zero-order valence-electron chi connectivity index (χ0n) is 20.3. The number of hydrogen-bond donors (Lipinski definition) is 0. The zero-order valence-corrected chi connectivity index (χ0v) is 20.3. The second-order valence-electron chi connectivity index (χ2n) is 9.47. The van der Waals surface area contributed by atoms with Crippen molar-refractivity contribution in [3.8, 4) is 0 Å². The highest BCUT2D eigenvalue weighted by atomic mass is 16.5. The third kappa shape index (κ3) is 4.87. The van der Waals surface area contributed by atoms with E-state index in [9.17, 15) is 0 Å². The second kappa shape index (κ2) is 9.73. The molecule has 0 amide bonds. The maximum Gasteiger partial charge on any atom is 0.229 e. The lowest BCUT2D eigenvalue weighted by Gasteiger charge is -2.39. The summed E-state index contributed by atoms with van der Waals surface area (Å²) in [6.45, 7) is 15.7. The number of hydrogen-bond acceptors (Lipinski definition) is 8. The number of ether oxygens (including phenoxy) is 1. The predicted octanol–water partition coefficient (Wildman–Crippen LogP) is 2.01. The molecule has 3 saturated heterocycles. The largest absolute Gasteiger partial charge is 0.378 e. The molecule has 3 fully saturated rings. The third-order valence-electron chi connectivity index (χ3n) is 7.33. The van der Waals surface area contributed by atoms with Crippen molar-refractivity contribution in [3.63, 3.8) is 0 Å². The molecule has 178 valence electrons. The van der Waals surface area contributed by atoms with Crippen molar-refractivity contribution in [2.45, 2.75) is 13.8 Å². The smallest absolute Gasteiger partial charge is 0.229 e. The van der Waals surface area contributed by atoms with E-state index >= 15 is 0 Å². The van der Waals surface area contributed by atoms with E-state index in [1.165, 1.54) is 16.8 Å². The molecule has 3 aliphatic heterocycles. The first-order valence-corrected chi connectivity index (χ1v) is 12.3. The van der Waals surface area contributed by atoms with Gasteiger partial charge in [0, 0.05) is 77.2 Å². The molecular formula is C25H37N7O. The van der Waals surface area contributed by atoms with Crippen molar-refractivity contribution < 1.29 is 4.74 Å². The van der Waals surface area contributed by atoms with Gasteiger partial charge in [-0.3, -0.25) is 0 Å². The first-order chi connectivity index (χ1) is 16.1. The number of benzene rings is 1. The second-order valence-corrected chi connectivity index (χ2v) is 9.47. The van der Waals surface area contributed by atoms with Gasteiger partial charge in [0.1, 0.15) is 11.6 Å². The van der Waals surface area contributed by atoms with Crippen molar-refractivity contribution in [1.29, 1.82) is 0 Å². The third-order valence-corrected chi connectivity index (χ3v) is 7.33. The number of aryl methyl sites for hydroxylation is 1. The molecule has 33 heavy (non-hydrogen) atoms. The molecule has 0 radical (unpaired) electrons. The fraction of sp³-hybridized carbons (Fsp3) is 0.600. The van der Waals surface area contributed by atoms with Crippen LogP contribution >= 0.6 is 0 Å². The molecule has 0 saturated carbocycles. The highest BCUT2D eigenvalue weighted by Crippen LogP contribution is 2.28. The van der Waals surface area contributed by atoms with Crippen molar-refractivity contribution in [2.24, 2.45) is 0 Å². The van der Waals surface area contributed by atoms with Crippen LogP contribution in [0.15, 0.2) is 24.3 Å². The lowest BCUT2D eigenvalue weighted by molar-refractivity contribution is 0.122. The highest BCUT2D eigenvalue weighted by Gasteiger charge is 2.25. The summed E-state index contributed by atoms with van der Waals surface area (Å²) in [6, 6.07) is 8.84. The Morgan fingerprint density at radius 2 is 1.27 bits per heavy atom. The van der Waals surface area contributed by atoms with Crippen LogP contribution in [0.1, 0.15) is 11.1 Å². The molecule has 0 atom stereocenters. The Bertz CT molecular complexity index is 946. The standard InChI is InChI=1S/C25H37N7O/c1-20-5-4-6-22(21(20)2)29-11-13-31(14-12-29)24-19-23(30-9-7-28(3)8-10-30)26-25(27-24)32-15-17-33-18-16-32/h4-6,19H,7-18H2,1-3H3. The van der Waals surface area contributed by atoms with E-state index in [1.807, 2.05) is 0 Å². The molecule has 8 heteroatoms. The number of likely N-dealkylation sites (N-methyl/N-ethyl adjacent to an activating group) is 1. The topological polar surface area (TPSA) is 51.2 Å². The van der Waals surface area contributed by atoms with Crippen LogP contribution in [0.2, 0.25) is 0 Å². The summed E-state index contributed by atoms with van der Waals surface area (Å²) in [6.07, 6.45) is 0. The van der Waals surface area contributed by atoms with Crippen molar-refractivity contribution in [1.82, 2.24) is 14.9 Å². The molecule has 0 unspecified atom stereocenters. The van der Waals surface area contributed by atoms with Gasteiger partial charge in [0.05, 0.1) is 13.2 Å². The van der Waals surface area contributed by atoms with Gasteiger partial charge in [-0.2, -0.15) is 9.97 Å². The number of nitrogens with zero attached hydrogens (tertiary/aromatic N) is 7. The maximum absolute atomic E-state index is 5.57. The number of morpholine rings is 1. The molecule has 1 aromatic heterocycles. The first-order valence-electron chi connectivity index (χ1n) is 12.3. The molecule has 0 N–H and O–H groups in total. The minimum Gasteiger partial charge on any atom is -0.378 e. The Morgan fingerprint density at radius 3 is 1.91 bits per heavy atom. The van der Waals surface area contributed by atoms with E-state index in [-0.39, 0.29) is 0 Å². The van der Waals surface area contributed by atoms with Gasteiger partial charge < -0.3 is 29.2 Å². The molecular weight excluding hydrogens is 414 g/mol. The molecule has 0 aliphatic carbocycles. The van der Waals surface area contributed by atoms with Crippen LogP contribution in [0.3, 0.4) is 0 Å². The fourth-order valence-corrected chi connectivity index (χ4v) is 4.93. The summed E-state index contributed by atoms with van der Waals surface area (Å²) in [7, 11) is 2.19. The average Bonchev–Trinajstić information content (AvgIpc) is 2.86. The number of anilines is 4. The van der Waals surface area contributed by atoms with Crippen LogP contribution in [0.25, 0.3) is 0 Å². The van der Waals surface area contributed by atoms with E-state index in [0.717, 1.165) is 96.2 Å². The minimum atomic E-state index is 0.742. The molecule has 4 heterocycles. The van der Waals surface area contributed by atoms with Crippen LogP contribution in [0.5, 0.6) is 0 Å². The number of aromatic nitrogens is 2. The molecule has 0 bridgehead atoms. The van der Waals surface area contributed by atoms with Crippen LogP contribution in [-0.4, -0.2) is 101 Å². The van der Waals surface area contributed by atoms with Gasteiger partial charge in [0.2, 0.25) is 5.95 Å². The van der Waals surface area contributed by atoms with E-state index in [2.05, 4.69) is 69.7 Å². The molecule has 1 aromatic carbocycles. The lowest BCUT2D eigenvalue weighted by atomic mass is 10.1. The summed E-state index contributed by atoms with van der Waals surface area (Å²) >= 11 is 0. The van der Waals surface area contributed by atoms with Gasteiger partial charge in [-0.25, -0.2) is 0 Å². The van der Waals surface area contributed by atoms with E-state index in [1.54, 1.807) is 0 Å². The first kappa shape index (κ1) is 22.2. The zero-order chi connectivity index (χ0) is 22.8. The van der Waals surface area contributed by atoms with Crippen LogP contribution in [-0.2, 0) is 4.74 Å². The Hall–Kier alpha value is -2.58. The number of piperazine rings is 2. The van der Waals surface area contributed by atoms with E-state index < -0.39 is 0 Å². The Kier molecular flexibility index (Phi) is 6.55. The van der Waals surface area contributed by atoms with Crippen LogP contribution in [0, 0.1) is 13.8 Å². The summed E-state index contributed by atoms with van der Waals surface area (Å²) in [5, 5.41) is 0. The van der Waals surface area contributed by atoms with Gasteiger partial charge in [-0.05, 0) is 38.1 Å². The quantitative estimate of drug-likeness (QED) is 0.700. The van der Waals surface area contributed by atoms with E-state index in [4.69, 9.17) is 14.7 Å². The van der Waals surface area contributed by atoms with Gasteiger partial charge in [-0.15, -0.1) is 0 Å². The van der Waals surface area contributed by atoms with Crippen molar-refractivity contribution in [2.75, 3.05) is 105 Å². The molecule has 8 nitrogen and oxygen atoms in total. The summed E-state index contributed by atoms with van der Waals surface area (Å²) in [4.78, 5) is 22.1. The van der Waals surface area contributed by atoms with Crippen LogP contribution < -0.4 is 19.6 Å². The average molecular weight is 452 g/mol. The Morgan fingerprint density at radius 1 is 0.697 bits per heavy atom. The lowest BCUT2D eigenvalue weighted by Crippen LogP contribution is -2.48. The molecule has 5 rings (SSSR count). The summed E-state index contributed by atoms with van der Waals surface area (Å²) in [5.74, 6) is 2.97. The van der Waals surface area contributed by atoms with E-state index in [0.29, 0.717) is 0 Å². The molecule has 0 spiro atoms. The van der Waals surface area contributed by atoms with Gasteiger partial charge >= 0.3 is 0 Å². The maximum atomic E-state index is 5.57. The van der Waals surface area contributed by atoms with Crippen molar-refractivity contribution >= 4 is 23.3 Å². The molecule has 3 aliphatic rings. The summed E-state index contributed by atoms with van der Waals surface area (Å²) in [5.41, 5.74) is 4.11. The normalized spacial score (nSPS) is 20.5. The monoisotopic (exact) mass is 451 g/mol. The molecule has 2 aromatic rings.